The Morgan fingerprint density at radius 1 is 1.31 bits per heavy atom. The van der Waals surface area contributed by atoms with Gasteiger partial charge in [-0.05, 0) is 43.0 Å². The summed E-state index contributed by atoms with van der Waals surface area (Å²) in [6.45, 7) is 1.40. The van der Waals surface area contributed by atoms with Crippen molar-refractivity contribution in [3.8, 4) is 0 Å². The van der Waals surface area contributed by atoms with E-state index in [1.807, 2.05) is 6.07 Å². The summed E-state index contributed by atoms with van der Waals surface area (Å²) in [7, 11) is 0. The molecule has 2 rings (SSSR count). The van der Waals surface area contributed by atoms with E-state index in [-0.39, 0.29) is 18.4 Å². The highest BCUT2D eigenvalue weighted by Crippen LogP contribution is 2.24. The van der Waals surface area contributed by atoms with E-state index < -0.39 is 0 Å². The summed E-state index contributed by atoms with van der Waals surface area (Å²) in [4.78, 5) is 0. The van der Waals surface area contributed by atoms with Gasteiger partial charge in [-0.2, -0.15) is 0 Å². The normalized spacial score (nSPS) is 25.6. The summed E-state index contributed by atoms with van der Waals surface area (Å²) >= 11 is 0. The minimum Gasteiger partial charge on any atom is -0.316 e. The van der Waals surface area contributed by atoms with Crippen LogP contribution in [0.2, 0.25) is 0 Å². The molecule has 0 bridgehead atoms. The standard InChI is InChI=1S/C13H17F2N/c14-8-12-9-16-5-4-11(12)6-10-2-1-3-13(15)7-10/h1-3,7,11-12,16H,4-6,8-9H2. The molecule has 1 N–H and O–H groups in total. The predicted octanol–water partition coefficient (Wildman–Crippen LogP) is 2.56. The summed E-state index contributed by atoms with van der Waals surface area (Å²) in [5.74, 6) is 0.216. The third-order valence-corrected chi connectivity index (χ3v) is 3.35. The third-order valence-electron chi connectivity index (χ3n) is 3.35. The van der Waals surface area contributed by atoms with Crippen molar-refractivity contribution >= 4 is 0 Å². The molecular weight excluding hydrogens is 208 g/mol. The van der Waals surface area contributed by atoms with Crippen molar-refractivity contribution in [2.45, 2.75) is 12.8 Å². The van der Waals surface area contributed by atoms with Crippen LogP contribution >= 0.6 is 0 Å². The fourth-order valence-corrected chi connectivity index (χ4v) is 2.39. The van der Waals surface area contributed by atoms with Crippen LogP contribution in [0.15, 0.2) is 24.3 Å². The monoisotopic (exact) mass is 225 g/mol. The number of rotatable bonds is 3. The molecule has 2 atom stereocenters. The maximum absolute atomic E-state index is 13.0. The van der Waals surface area contributed by atoms with Gasteiger partial charge < -0.3 is 5.32 Å². The van der Waals surface area contributed by atoms with Gasteiger partial charge in [-0.25, -0.2) is 4.39 Å². The molecule has 0 saturated carbocycles. The van der Waals surface area contributed by atoms with E-state index in [1.54, 1.807) is 12.1 Å². The van der Waals surface area contributed by atoms with Gasteiger partial charge in [0.2, 0.25) is 0 Å². The van der Waals surface area contributed by atoms with Crippen LogP contribution in [-0.4, -0.2) is 19.8 Å². The van der Waals surface area contributed by atoms with E-state index in [9.17, 15) is 8.78 Å². The third kappa shape index (κ3) is 2.79. The van der Waals surface area contributed by atoms with Crippen molar-refractivity contribution in [1.82, 2.24) is 5.32 Å². The lowest BCUT2D eigenvalue weighted by Gasteiger charge is -2.30. The van der Waals surface area contributed by atoms with Gasteiger partial charge in [-0.1, -0.05) is 12.1 Å². The van der Waals surface area contributed by atoms with Crippen LogP contribution in [0.5, 0.6) is 0 Å². The van der Waals surface area contributed by atoms with E-state index >= 15 is 0 Å². The van der Waals surface area contributed by atoms with Gasteiger partial charge in [0.1, 0.15) is 5.82 Å². The molecule has 0 aromatic heterocycles. The number of alkyl halides is 1. The zero-order chi connectivity index (χ0) is 11.4. The Kier molecular flexibility index (Phi) is 3.88. The fraction of sp³-hybridized carbons (Fsp3) is 0.538. The van der Waals surface area contributed by atoms with E-state index in [0.29, 0.717) is 5.92 Å². The number of halogens is 2. The van der Waals surface area contributed by atoms with Crippen molar-refractivity contribution < 1.29 is 8.78 Å². The molecule has 0 aliphatic carbocycles. The molecule has 0 amide bonds. The molecule has 2 unspecified atom stereocenters. The Balaban J connectivity index is 2.02. The van der Waals surface area contributed by atoms with Gasteiger partial charge in [0.15, 0.2) is 0 Å². The van der Waals surface area contributed by atoms with E-state index in [4.69, 9.17) is 0 Å². The second kappa shape index (κ2) is 5.39. The minimum atomic E-state index is -0.285. The lowest BCUT2D eigenvalue weighted by molar-refractivity contribution is 0.205. The maximum atomic E-state index is 13.0. The second-order valence-corrected chi connectivity index (χ2v) is 4.50. The molecule has 3 heteroatoms. The molecule has 0 radical (unpaired) electrons. The Hall–Kier alpha value is -0.960. The van der Waals surface area contributed by atoms with Crippen LogP contribution in [-0.2, 0) is 6.42 Å². The average Bonchev–Trinajstić information content (AvgIpc) is 2.30. The van der Waals surface area contributed by atoms with E-state index in [1.165, 1.54) is 6.07 Å². The van der Waals surface area contributed by atoms with Gasteiger partial charge in [-0.15, -0.1) is 0 Å². The van der Waals surface area contributed by atoms with Gasteiger partial charge >= 0.3 is 0 Å². The quantitative estimate of drug-likeness (QED) is 0.833. The van der Waals surface area contributed by atoms with Crippen LogP contribution in [0.3, 0.4) is 0 Å². The Morgan fingerprint density at radius 3 is 2.94 bits per heavy atom. The number of nitrogens with one attached hydrogen (secondary N) is 1. The molecular formula is C13H17F2N. The molecule has 1 aliphatic heterocycles. The van der Waals surface area contributed by atoms with Crippen LogP contribution < -0.4 is 5.32 Å². The van der Waals surface area contributed by atoms with Crippen LogP contribution in [0.1, 0.15) is 12.0 Å². The Bertz CT molecular complexity index is 340. The highest BCUT2D eigenvalue weighted by molar-refractivity contribution is 5.17. The predicted molar refractivity (Wildman–Crippen MR) is 60.5 cm³/mol. The van der Waals surface area contributed by atoms with Gasteiger partial charge in [-0.3, -0.25) is 4.39 Å². The van der Waals surface area contributed by atoms with Crippen molar-refractivity contribution in [3.05, 3.63) is 35.6 Å². The average molecular weight is 225 g/mol. The minimum absolute atomic E-state index is 0.0806. The largest absolute Gasteiger partial charge is 0.316 e. The maximum Gasteiger partial charge on any atom is 0.123 e. The summed E-state index contributed by atoms with van der Waals surface area (Å²) in [6, 6.07) is 6.63. The smallest absolute Gasteiger partial charge is 0.123 e. The molecule has 1 aliphatic rings. The van der Waals surface area contributed by atoms with Crippen LogP contribution in [0.4, 0.5) is 8.78 Å². The lowest BCUT2D eigenvalue weighted by atomic mass is 9.83. The molecule has 0 spiro atoms. The van der Waals surface area contributed by atoms with E-state index in [0.717, 1.165) is 31.5 Å². The van der Waals surface area contributed by atoms with Crippen LogP contribution in [0, 0.1) is 17.7 Å². The van der Waals surface area contributed by atoms with Crippen molar-refractivity contribution in [3.63, 3.8) is 0 Å². The highest BCUT2D eigenvalue weighted by Gasteiger charge is 2.24. The summed E-state index contributed by atoms with van der Waals surface area (Å²) < 4.78 is 25.8. The topological polar surface area (TPSA) is 12.0 Å². The molecule has 16 heavy (non-hydrogen) atoms. The molecule has 1 fully saturated rings. The zero-order valence-corrected chi connectivity index (χ0v) is 9.26. The zero-order valence-electron chi connectivity index (χ0n) is 9.26. The van der Waals surface area contributed by atoms with Crippen molar-refractivity contribution in [1.29, 1.82) is 0 Å². The van der Waals surface area contributed by atoms with Gasteiger partial charge in [0.25, 0.3) is 0 Å². The fourth-order valence-electron chi connectivity index (χ4n) is 2.39. The van der Waals surface area contributed by atoms with E-state index in [2.05, 4.69) is 5.32 Å². The van der Waals surface area contributed by atoms with Crippen LogP contribution in [0.25, 0.3) is 0 Å². The first kappa shape index (κ1) is 11.5. The number of hydrogen-bond acceptors (Lipinski definition) is 1. The first-order valence-electron chi connectivity index (χ1n) is 5.80. The molecule has 1 heterocycles. The summed E-state index contributed by atoms with van der Waals surface area (Å²) in [6.07, 6.45) is 1.76. The van der Waals surface area contributed by atoms with Crippen molar-refractivity contribution in [2.75, 3.05) is 19.8 Å². The molecule has 88 valence electrons. The summed E-state index contributed by atoms with van der Waals surface area (Å²) in [5.41, 5.74) is 0.977. The first-order chi connectivity index (χ1) is 7.79. The highest BCUT2D eigenvalue weighted by atomic mass is 19.1. The first-order valence-corrected chi connectivity index (χ1v) is 5.80. The SMILES string of the molecule is FCC1CNCCC1Cc1cccc(F)c1. The molecule has 1 aromatic carbocycles. The number of piperidine rings is 1. The number of hydrogen-bond donors (Lipinski definition) is 1. The van der Waals surface area contributed by atoms with Gasteiger partial charge in [0, 0.05) is 12.5 Å². The Morgan fingerprint density at radius 2 is 2.19 bits per heavy atom. The summed E-state index contributed by atoms with van der Waals surface area (Å²) in [5, 5.41) is 3.20. The molecule has 1 nitrogen and oxygen atoms in total. The van der Waals surface area contributed by atoms with Gasteiger partial charge in [0.05, 0.1) is 6.67 Å². The number of benzene rings is 1. The Labute approximate surface area is 94.9 Å². The second-order valence-electron chi connectivity index (χ2n) is 4.50. The molecule has 1 saturated heterocycles. The molecule has 1 aromatic rings. The van der Waals surface area contributed by atoms with Crippen molar-refractivity contribution in [2.24, 2.45) is 11.8 Å². The lowest BCUT2D eigenvalue weighted by Crippen LogP contribution is -2.38.